The summed E-state index contributed by atoms with van der Waals surface area (Å²) in [5.41, 5.74) is 1.12. The Kier molecular flexibility index (Phi) is 7.25. The first-order chi connectivity index (χ1) is 20.8. The Bertz CT molecular complexity index is 1550. The van der Waals surface area contributed by atoms with Crippen LogP contribution in [0, 0.1) is 28.6 Å². The van der Waals surface area contributed by atoms with Gasteiger partial charge in [-0.1, -0.05) is 67.6 Å². The maximum absolute atomic E-state index is 14.6. The molecule has 1 spiro atoms. The molecule has 0 radical (unpaired) electrons. The number of carbonyl (C=O) groups is 3. The third-order valence-electron chi connectivity index (χ3n) is 12.3. The molecule has 0 aromatic heterocycles. The van der Waals surface area contributed by atoms with Gasteiger partial charge in [0, 0.05) is 23.5 Å². The van der Waals surface area contributed by atoms with E-state index >= 15 is 0 Å². The number of hydrogen-bond donors (Lipinski definition) is 0. The number of allylic oxidation sites excluding steroid dienone is 1. The van der Waals surface area contributed by atoms with Gasteiger partial charge in [-0.3, -0.25) is 14.4 Å². The third kappa shape index (κ3) is 4.81. The molecule has 0 unspecified atom stereocenters. The fraction of sp³-hybridized carbons (Fsp3) is 0.605. The first-order valence-corrected chi connectivity index (χ1v) is 17.5. The van der Waals surface area contributed by atoms with E-state index in [0.717, 1.165) is 61.3 Å². The summed E-state index contributed by atoms with van der Waals surface area (Å²) in [5, 5.41) is 2.31. The van der Waals surface area contributed by atoms with Crippen molar-refractivity contribution in [1.82, 2.24) is 0 Å². The lowest BCUT2D eigenvalue weighted by Crippen LogP contribution is -2.57. The minimum Gasteiger partial charge on any atom is -0.458 e. The van der Waals surface area contributed by atoms with E-state index in [2.05, 4.69) is 38.1 Å². The second-order valence-electron chi connectivity index (χ2n) is 15.7. The Morgan fingerprint density at radius 1 is 0.955 bits per heavy atom. The van der Waals surface area contributed by atoms with Gasteiger partial charge in [0.15, 0.2) is 11.9 Å². The largest absolute Gasteiger partial charge is 0.458 e. The number of benzene rings is 2. The second kappa shape index (κ2) is 10.6. The first kappa shape index (κ1) is 30.2. The van der Waals surface area contributed by atoms with Crippen molar-refractivity contribution in [2.75, 3.05) is 0 Å². The molecule has 5 nitrogen and oxygen atoms in total. The predicted octanol–water partition coefficient (Wildman–Crippen LogP) is 8.54. The van der Waals surface area contributed by atoms with E-state index in [9.17, 15) is 14.4 Å². The molecule has 234 valence electrons. The number of esters is 1. The van der Waals surface area contributed by atoms with Crippen LogP contribution in [0.3, 0.4) is 0 Å². The fourth-order valence-electron chi connectivity index (χ4n) is 10.1. The summed E-state index contributed by atoms with van der Waals surface area (Å²) >= 11 is 1.47. The van der Waals surface area contributed by atoms with Crippen LogP contribution in [0.15, 0.2) is 54.1 Å². The molecule has 0 amide bonds. The highest BCUT2D eigenvalue weighted by atomic mass is 32.2. The average molecular weight is 615 g/mol. The minimum absolute atomic E-state index is 0.0260. The lowest BCUT2D eigenvalue weighted by molar-refractivity contribution is -0.167. The topological polar surface area (TPSA) is 69.7 Å². The van der Waals surface area contributed by atoms with Crippen LogP contribution in [-0.2, 0) is 23.9 Å². The summed E-state index contributed by atoms with van der Waals surface area (Å²) in [6.07, 6.45) is 8.80. The van der Waals surface area contributed by atoms with Crippen LogP contribution < -0.4 is 0 Å². The van der Waals surface area contributed by atoms with Crippen LogP contribution in [0.4, 0.5) is 0 Å². The van der Waals surface area contributed by atoms with Crippen LogP contribution in [0.25, 0.3) is 10.8 Å². The molecular weight excluding hydrogens is 568 g/mol. The van der Waals surface area contributed by atoms with Crippen LogP contribution in [0.2, 0.25) is 0 Å². The Labute approximate surface area is 265 Å². The van der Waals surface area contributed by atoms with Crippen molar-refractivity contribution in [3.8, 4) is 0 Å². The van der Waals surface area contributed by atoms with E-state index in [0.29, 0.717) is 30.6 Å². The van der Waals surface area contributed by atoms with Gasteiger partial charge in [-0.15, -0.1) is 0 Å². The number of carbonyl (C=O) groups excluding carboxylic acids is 3. The molecule has 1 aliphatic heterocycles. The van der Waals surface area contributed by atoms with E-state index < -0.39 is 11.7 Å². The number of hydrogen-bond acceptors (Lipinski definition) is 6. The van der Waals surface area contributed by atoms with Crippen molar-refractivity contribution >= 4 is 39.4 Å². The molecule has 0 bridgehead atoms. The highest BCUT2D eigenvalue weighted by Gasteiger charge is 2.68. The molecule has 8 atom stereocenters. The van der Waals surface area contributed by atoms with Gasteiger partial charge in [0.1, 0.15) is 5.60 Å². The molecule has 2 aromatic carbocycles. The molecule has 0 N–H and O–H groups in total. The van der Waals surface area contributed by atoms with Crippen molar-refractivity contribution in [2.24, 2.45) is 28.6 Å². The Morgan fingerprint density at radius 2 is 1.70 bits per heavy atom. The van der Waals surface area contributed by atoms with Crippen molar-refractivity contribution in [2.45, 2.75) is 115 Å². The van der Waals surface area contributed by atoms with Gasteiger partial charge in [-0.05, 0) is 117 Å². The van der Waals surface area contributed by atoms with Crippen LogP contribution in [0.1, 0.15) is 104 Å². The minimum atomic E-state index is -0.695. The van der Waals surface area contributed by atoms with Crippen molar-refractivity contribution in [3.05, 3.63) is 59.7 Å². The quantitative estimate of drug-likeness (QED) is 0.322. The number of ketones is 1. The summed E-state index contributed by atoms with van der Waals surface area (Å²) in [6, 6.07) is 14.4. The molecule has 7 rings (SSSR count). The normalized spacial score (nSPS) is 37.2. The van der Waals surface area contributed by atoms with Gasteiger partial charge in [-0.25, -0.2) is 0 Å². The molecule has 1 heterocycles. The van der Waals surface area contributed by atoms with Crippen molar-refractivity contribution in [1.29, 1.82) is 0 Å². The molecule has 4 fully saturated rings. The van der Waals surface area contributed by atoms with Gasteiger partial charge in [-0.2, -0.15) is 0 Å². The highest BCUT2D eigenvalue weighted by molar-refractivity contribution is 8.14. The molecule has 44 heavy (non-hydrogen) atoms. The Hall–Kier alpha value is -2.44. The van der Waals surface area contributed by atoms with E-state index in [1.807, 2.05) is 45.0 Å². The molecule has 6 heteroatoms. The van der Waals surface area contributed by atoms with Gasteiger partial charge < -0.3 is 9.47 Å². The molecule has 1 saturated heterocycles. The van der Waals surface area contributed by atoms with Crippen LogP contribution >= 0.6 is 11.8 Å². The summed E-state index contributed by atoms with van der Waals surface area (Å²) in [5.74, 6) is 1.24. The number of fused-ring (bicyclic) bond motifs is 7. The van der Waals surface area contributed by atoms with Gasteiger partial charge in [0.2, 0.25) is 5.12 Å². The Balaban J connectivity index is 1.26. The number of rotatable bonds is 4. The van der Waals surface area contributed by atoms with Gasteiger partial charge in [0.25, 0.3) is 0 Å². The maximum atomic E-state index is 14.6. The third-order valence-corrected chi connectivity index (χ3v) is 13.6. The van der Waals surface area contributed by atoms with E-state index in [4.69, 9.17) is 9.47 Å². The van der Waals surface area contributed by atoms with Crippen molar-refractivity contribution < 1.29 is 23.9 Å². The zero-order valence-corrected chi connectivity index (χ0v) is 27.6. The first-order valence-electron chi connectivity index (χ1n) is 16.6. The summed E-state index contributed by atoms with van der Waals surface area (Å²) < 4.78 is 12.8. The van der Waals surface area contributed by atoms with E-state index in [1.165, 1.54) is 17.3 Å². The maximum Gasteiger partial charge on any atom is 0.306 e. The second-order valence-corrected chi connectivity index (χ2v) is 16.9. The summed E-state index contributed by atoms with van der Waals surface area (Å²) in [4.78, 5) is 39.7. The van der Waals surface area contributed by atoms with E-state index in [1.54, 1.807) is 0 Å². The lowest BCUT2D eigenvalue weighted by atomic mass is 9.46. The molecule has 5 aliphatic rings. The van der Waals surface area contributed by atoms with Crippen molar-refractivity contribution in [3.63, 3.8) is 0 Å². The molecule has 4 aliphatic carbocycles. The average Bonchev–Trinajstić information content (AvgIpc) is 3.50. The molecule has 2 aromatic rings. The fourth-order valence-corrected chi connectivity index (χ4v) is 11.5. The Morgan fingerprint density at radius 3 is 2.43 bits per heavy atom. The predicted molar refractivity (Wildman–Crippen MR) is 174 cm³/mol. The molecule has 3 saturated carbocycles. The lowest BCUT2D eigenvalue weighted by Gasteiger charge is -2.61. The standard InChI is InChI=1S/C38H46O5S/c1-35(2,3)43-33(25-11-10-23-8-6-7-9-24(23)20-25)34(41)44-30-22-26-21-27(39)12-16-36(26,4)28-13-17-37(5)29(32(28)30)14-18-38(37)19-15-31(40)42-38/h6-11,20-21,28-30,32-33H,12-19,22H2,1-5H3/t28-,29-,30+,32+,33+,36-,37-,38+/m0/s1. The summed E-state index contributed by atoms with van der Waals surface area (Å²) in [6.45, 7) is 10.8. The number of ether oxygens (including phenoxy) is 2. The van der Waals surface area contributed by atoms with E-state index in [-0.39, 0.29) is 38.5 Å². The number of thioether (sulfide) groups is 1. The van der Waals surface area contributed by atoms with Crippen LogP contribution in [0.5, 0.6) is 0 Å². The molecular formula is C38H46O5S. The SMILES string of the molecule is CC(C)(C)O[C@@H](C(=O)S[C@@H]1CC2=CC(=O)CC[C@]2(C)[C@H]2CC[C@@]3(C)[C@@H](CC[C@@]34CCC(=O)O4)[C@H]12)c1ccc2ccccc2c1. The highest BCUT2D eigenvalue weighted by Crippen LogP contribution is 2.70. The van der Waals surface area contributed by atoms with Gasteiger partial charge in [0.05, 0.1) is 5.60 Å². The van der Waals surface area contributed by atoms with Crippen LogP contribution in [-0.4, -0.2) is 33.3 Å². The zero-order chi connectivity index (χ0) is 31.1. The van der Waals surface area contributed by atoms with Gasteiger partial charge >= 0.3 is 5.97 Å². The smallest absolute Gasteiger partial charge is 0.306 e. The monoisotopic (exact) mass is 614 g/mol. The summed E-state index contributed by atoms with van der Waals surface area (Å²) in [7, 11) is 0. The zero-order valence-electron chi connectivity index (χ0n) is 26.8.